The van der Waals surface area contributed by atoms with Crippen LogP contribution in [0.5, 0.6) is 0 Å². The van der Waals surface area contributed by atoms with Gasteiger partial charge in [-0.05, 0) is 19.4 Å². The average molecular weight is 348 g/mol. The lowest BCUT2D eigenvalue weighted by molar-refractivity contribution is 0.144. The summed E-state index contributed by atoms with van der Waals surface area (Å²) in [7, 11) is 1.57. The molecular formula is C18H25FN4O2. The van der Waals surface area contributed by atoms with Crippen molar-refractivity contribution < 1.29 is 13.9 Å². The van der Waals surface area contributed by atoms with Crippen molar-refractivity contribution in [2.24, 2.45) is 0 Å². The maximum Gasteiger partial charge on any atom is 0.318 e. The monoisotopic (exact) mass is 348 g/mol. The van der Waals surface area contributed by atoms with Crippen LogP contribution in [0.3, 0.4) is 0 Å². The Morgan fingerprint density at radius 1 is 1.44 bits per heavy atom. The highest BCUT2D eigenvalue weighted by Gasteiger charge is 2.21. The largest absolute Gasteiger partial charge is 0.383 e. The Labute approximate surface area is 147 Å². The first-order valence-electron chi connectivity index (χ1n) is 8.34. The Morgan fingerprint density at radius 2 is 2.20 bits per heavy atom. The van der Waals surface area contributed by atoms with E-state index in [0.717, 1.165) is 5.69 Å². The molecule has 0 aliphatic rings. The molecule has 0 spiro atoms. The third kappa shape index (κ3) is 5.29. The van der Waals surface area contributed by atoms with Gasteiger partial charge < -0.3 is 19.9 Å². The fraction of sp³-hybridized carbons (Fsp3) is 0.444. The van der Waals surface area contributed by atoms with Crippen molar-refractivity contribution in [2.45, 2.75) is 32.9 Å². The Balaban J connectivity index is 2.10. The molecule has 2 N–H and O–H groups in total. The number of benzene rings is 1. The predicted molar refractivity (Wildman–Crippen MR) is 93.6 cm³/mol. The van der Waals surface area contributed by atoms with Crippen LogP contribution in [-0.2, 0) is 11.3 Å². The van der Waals surface area contributed by atoms with Crippen molar-refractivity contribution >= 4 is 6.03 Å². The van der Waals surface area contributed by atoms with E-state index in [0.29, 0.717) is 31.0 Å². The summed E-state index contributed by atoms with van der Waals surface area (Å²) in [6, 6.07) is 5.95. The number of aryl methyl sites for hydroxylation is 1. The number of H-pyrrole nitrogens is 1. The van der Waals surface area contributed by atoms with Gasteiger partial charge in [0.25, 0.3) is 0 Å². The molecule has 0 bridgehead atoms. The number of hydrogen-bond donors (Lipinski definition) is 2. The quantitative estimate of drug-likeness (QED) is 0.770. The third-order valence-corrected chi connectivity index (χ3v) is 3.93. The van der Waals surface area contributed by atoms with E-state index >= 15 is 0 Å². The standard InChI is InChI=1S/C18H25FN4O2/c1-4-16(17-20-11-13(2)21-17)22-18(24)23(9-10-25-3)12-14-7-5-6-8-15(14)19/h5-8,11,16H,4,9-10,12H2,1-3H3,(H,20,21)(H,22,24). The van der Waals surface area contributed by atoms with Gasteiger partial charge in [-0.15, -0.1) is 0 Å². The van der Waals surface area contributed by atoms with Crippen molar-refractivity contribution in [1.82, 2.24) is 20.2 Å². The van der Waals surface area contributed by atoms with Gasteiger partial charge in [0.05, 0.1) is 19.2 Å². The molecule has 0 saturated heterocycles. The summed E-state index contributed by atoms with van der Waals surface area (Å²) in [5.74, 6) is 0.386. The van der Waals surface area contributed by atoms with Crippen LogP contribution in [0.25, 0.3) is 0 Å². The molecule has 0 aliphatic heterocycles. The predicted octanol–water partition coefficient (Wildman–Crippen LogP) is 3.17. The second kappa shape index (κ2) is 9.17. The number of aromatic nitrogens is 2. The minimum atomic E-state index is -0.327. The first-order chi connectivity index (χ1) is 12.0. The smallest absolute Gasteiger partial charge is 0.318 e. The normalized spacial score (nSPS) is 12.0. The summed E-state index contributed by atoms with van der Waals surface area (Å²) in [5, 5.41) is 2.96. The number of amides is 2. The molecule has 2 aromatic rings. The molecule has 1 unspecified atom stereocenters. The highest BCUT2D eigenvalue weighted by molar-refractivity contribution is 5.74. The molecule has 1 atom stereocenters. The molecule has 6 nitrogen and oxygen atoms in total. The average Bonchev–Trinajstić information content (AvgIpc) is 3.04. The fourth-order valence-electron chi connectivity index (χ4n) is 2.50. The molecule has 1 heterocycles. The molecule has 7 heteroatoms. The van der Waals surface area contributed by atoms with Crippen molar-refractivity contribution in [2.75, 3.05) is 20.3 Å². The van der Waals surface area contributed by atoms with E-state index < -0.39 is 0 Å². The van der Waals surface area contributed by atoms with Gasteiger partial charge in [-0.25, -0.2) is 14.2 Å². The Hall–Kier alpha value is -2.41. The molecule has 0 radical (unpaired) electrons. The Bertz CT molecular complexity index is 689. The fourth-order valence-corrected chi connectivity index (χ4v) is 2.50. The lowest BCUT2D eigenvalue weighted by atomic mass is 10.2. The van der Waals surface area contributed by atoms with E-state index in [2.05, 4.69) is 15.3 Å². The highest BCUT2D eigenvalue weighted by Crippen LogP contribution is 2.15. The van der Waals surface area contributed by atoms with Gasteiger partial charge in [-0.3, -0.25) is 0 Å². The van der Waals surface area contributed by atoms with Crippen LogP contribution in [0.1, 0.15) is 36.5 Å². The topological polar surface area (TPSA) is 70.2 Å². The molecule has 0 fully saturated rings. The van der Waals surface area contributed by atoms with E-state index in [-0.39, 0.29) is 24.4 Å². The maximum absolute atomic E-state index is 13.9. The summed E-state index contributed by atoms with van der Waals surface area (Å²) in [5.41, 5.74) is 1.40. The second-order valence-electron chi connectivity index (χ2n) is 5.87. The number of rotatable bonds is 8. The van der Waals surface area contributed by atoms with Crippen LogP contribution >= 0.6 is 0 Å². The van der Waals surface area contributed by atoms with Crippen molar-refractivity contribution in [1.29, 1.82) is 0 Å². The summed E-state index contributed by atoms with van der Waals surface area (Å²) in [4.78, 5) is 21.7. The minimum Gasteiger partial charge on any atom is -0.383 e. The van der Waals surface area contributed by atoms with E-state index in [1.54, 1.807) is 36.4 Å². The SMILES string of the molecule is CCC(NC(=O)N(CCOC)Cc1ccccc1F)c1ncc(C)[nH]1. The van der Waals surface area contributed by atoms with E-state index in [1.165, 1.54) is 6.07 Å². The van der Waals surface area contributed by atoms with Gasteiger partial charge in [0.2, 0.25) is 0 Å². The zero-order valence-electron chi connectivity index (χ0n) is 14.9. The van der Waals surface area contributed by atoms with Gasteiger partial charge >= 0.3 is 6.03 Å². The van der Waals surface area contributed by atoms with Gasteiger partial charge in [0.15, 0.2) is 0 Å². The number of methoxy groups -OCH3 is 1. The number of carbonyl (C=O) groups is 1. The van der Waals surface area contributed by atoms with Crippen molar-refractivity contribution in [3.05, 3.63) is 53.4 Å². The van der Waals surface area contributed by atoms with Crippen molar-refractivity contribution in [3.63, 3.8) is 0 Å². The Morgan fingerprint density at radius 3 is 2.80 bits per heavy atom. The number of urea groups is 1. The summed E-state index contributed by atoms with van der Waals surface area (Å²) < 4.78 is 19.0. The molecule has 25 heavy (non-hydrogen) atoms. The van der Waals surface area contributed by atoms with Crippen LogP contribution in [0.2, 0.25) is 0 Å². The zero-order chi connectivity index (χ0) is 18.2. The first kappa shape index (κ1) is 18.9. The summed E-state index contributed by atoms with van der Waals surface area (Å²) >= 11 is 0. The molecule has 2 amide bonds. The molecule has 2 rings (SSSR count). The number of nitrogens with zero attached hydrogens (tertiary/aromatic N) is 2. The minimum absolute atomic E-state index is 0.176. The molecule has 1 aromatic carbocycles. The van der Waals surface area contributed by atoms with Crippen LogP contribution in [0, 0.1) is 12.7 Å². The number of halogens is 1. The van der Waals surface area contributed by atoms with E-state index in [1.807, 2.05) is 13.8 Å². The van der Waals surface area contributed by atoms with Crippen molar-refractivity contribution in [3.8, 4) is 0 Å². The van der Waals surface area contributed by atoms with Gasteiger partial charge in [-0.1, -0.05) is 25.1 Å². The van der Waals surface area contributed by atoms with Gasteiger partial charge in [0, 0.05) is 31.1 Å². The highest BCUT2D eigenvalue weighted by atomic mass is 19.1. The molecular weight excluding hydrogens is 323 g/mol. The first-order valence-corrected chi connectivity index (χ1v) is 8.34. The molecule has 136 valence electrons. The summed E-state index contributed by atoms with van der Waals surface area (Å²) in [6.07, 6.45) is 2.42. The van der Waals surface area contributed by atoms with Crippen LogP contribution in [-0.4, -0.2) is 41.2 Å². The number of nitrogens with one attached hydrogen (secondary N) is 2. The number of aromatic amines is 1. The number of hydrogen-bond acceptors (Lipinski definition) is 3. The van der Waals surface area contributed by atoms with Crippen LogP contribution in [0.4, 0.5) is 9.18 Å². The second-order valence-corrected chi connectivity index (χ2v) is 5.87. The lowest BCUT2D eigenvalue weighted by Crippen LogP contribution is -2.43. The number of ether oxygens (including phenoxy) is 1. The zero-order valence-corrected chi connectivity index (χ0v) is 14.9. The number of imidazole rings is 1. The van der Waals surface area contributed by atoms with E-state index in [4.69, 9.17) is 4.74 Å². The van der Waals surface area contributed by atoms with Gasteiger partial charge in [0.1, 0.15) is 11.6 Å². The van der Waals surface area contributed by atoms with Crippen LogP contribution in [0.15, 0.2) is 30.5 Å². The summed E-state index contributed by atoms with van der Waals surface area (Å²) in [6.45, 7) is 4.80. The van der Waals surface area contributed by atoms with Crippen LogP contribution < -0.4 is 5.32 Å². The van der Waals surface area contributed by atoms with Gasteiger partial charge in [-0.2, -0.15) is 0 Å². The lowest BCUT2D eigenvalue weighted by Gasteiger charge is -2.25. The van der Waals surface area contributed by atoms with E-state index in [9.17, 15) is 9.18 Å². The third-order valence-electron chi connectivity index (χ3n) is 3.93. The Kier molecular flexibility index (Phi) is 6.94. The number of carbonyl (C=O) groups excluding carboxylic acids is 1. The maximum atomic E-state index is 13.9. The molecule has 0 aliphatic carbocycles. The molecule has 0 saturated carbocycles. The molecule has 1 aromatic heterocycles.